The van der Waals surface area contributed by atoms with Crippen molar-refractivity contribution < 1.29 is 14.6 Å². The summed E-state index contributed by atoms with van der Waals surface area (Å²) in [7, 11) is 0. The smallest absolute Gasteiger partial charge is 0.265 e. The number of aryl methyl sites for hydroxylation is 1. The van der Waals surface area contributed by atoms with E-state index in [1.54, 1.807) is 24.3 Å². The SMILES string of the molecule is O=C(Nc1ccccc1O)C1CCc2ccc3ccccc3c2O1. The van der Waals surface area contributed by atoms with Crippen molar-refractivity contribution in [2.45, 2.75) is 18.9 Å². The maximum Gasteiger partial charge on any atom is 0.265 e. The van der Waals surface area contributed by atoms with E-state index in [9.17, 15) is 9.90 Å². The number of phenolic OH excluding ortho intramolecular Hbond substituents is 1. The molecule has 1 amide bonds. The van der Waals surface area contributed by atoms with Crippen molar-refractivity contribution in [2.75, 3.05) is 5.32 Å². The summed E-state index contributed by atoms with van der Waals surface area (Å²) in [4.78, 5) is 12.5. The minimum Gasteiger partial charge on any atom is -0.506 e. The van der Waals surface area contributed by atoms with Crippen molar-refractivity contribution in [3.8, 4) is 11.5 Å². The van der Waals surface area contributed by atoms with Crippen molar-refractivity contribution in [1.82, 2.24) is 0 Å². The molecule has 0 fully saturated rings. The van der Waals surface area contributed by atoms with Crippen molar-refractivity contribution in [3.63, 3.8) is 0 Å². The summed E-state index contributed by atoms with van der Waals surface area (Å²) < 4.78 is 6.03. The number of hydrogen-bond donors (Lipinski definition) is 2. The van der Waals surface area contributed by atoms with Crippen molar-refractivity contribution in [2.24, 2.45) is 0 Å². The van der Waals surface area contributed by atoms with Crippen LogP contribution in [0.3, 0.4) is 0 Å². The highest BCUT2D eigenvalue weighted by molar-refractivity contribution is 5.97. The molecule has 3 aromatic rings. The van der Waals surface area contributed by atoms with E-state index in [1.165, 1.54) is 0 Å². The summed E-state index contributed by atoms with van der Waals surface area (Å²) in [5.74, 6) is 0.597. The number of carbonyl (C=O) groups excluding carboxylic acids is 1. The number of nitrogens with one attached hydrogen (secondary N) is 1. The van der Waals surface area contributed by atoms with E-state index in [2.05, 4.69) is 17.4 Å². The minimum absolute atomic E-state index is 0.0486. The molecule has 1 aliphatic rings. The number of anilines is 1. The molecule has 3 aromatic carbocycles. The summed E-state index contributed by atoms with van der Waals surface area (Å²) >= 11 is 0. The van der Waals surface area contributed by atoms with Gasteiger partial charge < -0.3 is 15.2 Å². The molecule has 0 saturated carbocycles. The molecular weight excluding hydrogens is 302 g/mol. The zero-order valence-electron chi connectivity index (χ0n) is 13.0. The van der Waals surface area contributed by atoms with E-state index in [0.29, 0.717) is 12.1 Å². The first kappa shape index (κ1) is 14.6. The number of amides is 1. The van der Waals surface area contributed by atoms with E-state index in [-0.39, 0.29) is 11.7 Å². The fraction of sp³-hybridized carbons (Fsp3) is 0.150. The zero-order valence-corrected chi connectivity index (χ0v) is 13.0. The maximum atomic E-state index is 12.5. The fourth-order valence-corrected chi connectivity index (χ4v) is 3.09. The molecule has 1 heterocycles. The Morgan fingerprint density at radius 1 is 1.04 bits per heavy atom. The monoisotopic (exact) mass is 319 g/mol. The lowest BCUT2D eigenvalue weighted by atomic mass is 9.97. The van der Waals surface area contributed by atoms with Crippen molar-refractivity contribution in [3.05, 3.63) is 66.2 Å². The van der Waals surface area contributed by atoms with Gasteiger partial charge in [-0.05, 0) is 35.9 Å². The molecule has 2 N–H and O–H groups in total. The number of hydrogen-bond acceptors (Lipinski definition) is 3. The fourth-order valence-electron chi connectivity index (χ4n) is 3.09. The number of fused-ring (bicyclic) bond motifs is 3. The summed E-state index contributed by atoms with van der Waals surface area (Å²) in [6, 6.07) is 18.8. The van der Waals surface area contributed by atoms with Crippen LogP contribution in [0.1, 0.15) is 12.0 Å². The van der Waals surface area contributed by atoms with Gasteiger partial charge in [0.15, 0.2) is 6.10 Å². The van der Waals surface area contributed by atoms with Crippen LogP contribution in [0, 0.1) is 0 Å². The second-order valence-electron chi connectivity index (χ2n) is 5.93. The van der Waals surface area contributed by atoms with E-state index in [4.69, 9.17) is 4.74 Å². The molecule has 1 aliphatic heterocycles. The zero-order chi connectivity index (χ0) is 16.5. The number of para-hydroxylation sites is 2. The van der Waals surface area contributed by atoms with E-state index < -0.39 is 6.10 Å². The number of rotatable bonds is 2. The number of benzene rings is 3. The lowest BCUT2D eigenvalue weighted by Gasteiger charge is -2.26. The van der Waals surface area contributed by atoms with E-state index in [1.807, 2.05) is 24.3 Å². The van der Waals surface area contributed by atoms with Crippen LogP contribution >= 0.6 is 0 Å². The summed E-state index contributed by atoms with van der Waals surface area (Å²) in [6.45, 7) is 0. The van der Waals surface area contributed by atoms with E-state index >= 15 is 0 Å². The lowest BCUT2D eigenvalue weighted by molar-refractivity contribution is -0.123. The van der Waals surface area contributed by atoms with Gasteiger partial charge in [0.1, 0.15) is 11.5 Å². The van der Waals surface area contributed by atoms with Gasteiger partial charge in [0, 0.05) is 5.39 Å². The Balaban J connectivity index is 1.61. The molecule has 0 saturated heterocycles. The number of ether oxygens (including phenoxy) is 1. The molecular formula is C20H17NO3. The normalized spacial score (nSPS) is 16.2. The highest BCUT2D eigenvalue weighted by atomic mass is 16.5. The Morgan fingerprint density at radius 2 is 1.83 bits per heavy atom. The van der Waals surface area contributed by atoms with Gasteiger partial charge >= 0.3 is 0 Å². The first-order valence-electron chi connectivity index (χ1n) is 7.98. The Kier molecular flexibility index (Phi) is 3.58. The summed E-state index contributed by atoms with van der Waals surface area (Å²) in [5, 5.41) is 14.7. The second kappa shape index (κ2) is 5.89. The number of carbonyl (C=O) groups is 1. The Morgan fingerprint density at radius 3 is 2.71 bits per heavy atom. The highest BCUT2D eigenvalue weighted by Gasteiger charge is 2.27. The van der Waals surface area contributed by atoms with Crippen molar-refractivity contribution in [1.29, 1.82) is 0 Å². The van der Waals surface area contributed by atoms with Gasteiger partial charge in [0.2, 0.25) is 0 Å². The van der Waals surface area contributed by atoms with Gasteiger partial charge in [-0.1, -0.05) is 48.5 Å². The molecule has 0 radical (unpaired) electrons. The predicted octanol–water partition coefficient (Wildman–Crippen LogP) is 3.88. The third-order valence-electron chi connectivity index (χ3n) is 4.35. The molecule has 0 aliphatic carbocycles. The van der Waals surface area contributed by atoms with E-state index in [0.717, 1.165) is 28.5 Å². The molecule has 4 nitrogen and oxygen atoms in total. The van der Waals surface area contributed by atoms with Crippen LogP contribution in [-0.4, -0.2) is 17.1 Å². The Labute approximate surface area is 139 Å². The lowest BCUT2D eigenvalue weighted by Crippen LogP contribution is -2.35. The van der Waals surface area contributed by atoms with Gasteiger partial charge in [0.25, 0.3) is 5.91 Å². The maximum absolute atomic E-state index is 12.5. The van der Waals surface area contributed by atoms with Crippen LogP contribution in [-0.2, 0) is 11.2 Å². The molecule has 0 bridgehead atoms. The second-order valence-corrected chi connectivity index (χ2v) is 5.93. The standard InChI is InChI=1S/C20H17NO3/c22-17-8-4-3-7-16(17)21-20(23)18-12-11-14-10-9-13-5-1-2-6-15(13)19(14)24-18/h1-10,18,22H,11-12H2,(H,21,23). The molecule has 0 spiro atoms. The summed E-state index contributed by atoms with van der Waals surface area (Å²) in [5.41, 5.74) is 1.52. The minimum atomic E-state index is -0.567. The van der Waals surface area contributed by atoms with Gasteiger partial charge in [-0.2, -0.15) is 0 Å². The van der Waals surface area contributed by atoms with Gasteiger partial charge in [-0.3, -0.25) is 4.79 Å². The molecule has 24 heavy (non-hydrogen) atoms. The number of aromatic hydroxyl groups is 1. The Bertz CT molecular complexity index is 920. The Hall–Kier alpha value is -3.01. The van der Waals surface area contributed by atoms with Gasteiger partial charge in [0.05, 0.1) is 5.69 Å². The molecule has 1 atom stereocenters. The molecule has 1 unspecified atom stereocenters. The highest BCUT2D eigenvalue weighted by Crippen LogP contribution is 2.35. The summed E-state index contributed by atoms with van der Waals surface area (Å²) in [6.07, 6.45) is 0.840. The molecule has 120 valence electrons. The first-order valence-corrected chi connectivity index (χ1v) is 7.98. The predicted molar refractivity (Wildman–Crippen MR) is 93.4 cm³/mol. The van der Waals surface area contributed by atoms with Crippen LogP contribution in [0.25, 0.3) is 10.8 Å². The number of phenols is 1. The van der Waals surface area contributed by atoms with Crippen LogP contribution < -0.4 is 10.1 Å². The third-order valence-corrected chi connectivity index (χ3v) is 4.35. The van der Waals surface area contributed by atoms with Gasteiger partial charge in [-0.25, -0.2) is 0 Å². The van der Waals surface area contributed by atoms with Crippen LogP contribution in [0.5, 0.6) is 11.5 Å². The molecule has 0 aromatic heterocycles. The largest absolute Gasteiger partial charge is 0.506 e. The molecule has 4 rings (SSSR count). The van der Waals surface area contributed by atoms with Crippen LogP contribution in [0.2, 0.25) is 0 Å². The molecule has 4 heteroatoms. The topological polar surface area (TPSA) is 58.6 Å². The van der Waals surface area contributed by atoms with Gasteiger partial charge in [-0.15, -0.1) is 0 Å². The van der Waals surface area contributed by atoms with Crippen LogP contribution in [0.4, 0.5) is 5.69 Å². The third kappa shape index (κ3) is 2.56. The first-order chi connectivity index (χ1) is 11.7. The van der Waals surface area contributed by atoms with Crippen molar-refractivity contribution >= 4 is 22.4 Å². The average Bonchev–Trinajstić information content (AvgIpc) is 2.63. The average molecular weight is 319 g/mol. The van der Waals surface area contributed by atoms with Crippen LogP contribution in [0.15, 0.2) is 60.7 Å². The quantitative estimate of drug-likeness (QED) is 0.705.